The van der Waals surface area contributed by atoms with Crippen LogP contribution >= 0.6 is 0 Å². The number of non-ortho nitro benzene ring substituents is 2. The van der Waals surface area contributed by atoms with E-state index in [9.17, 15) is 20.2 Å². The van der Waals surface area contributed by atoms with E-state index >= 15 is 0 Å². The fourth-order valence-electron chi connectivity index (χ4n) is 12.4. The van der Waals surface area contributed by atoms with Crippen LogP contribution in [0.1, 0.15) is 51.7 Å². The maximum absolute atomic E-state index is 11.5. The number of likely N-dealkylation sites (tertiary alicyclic amines) is 2. The summed E-state index contributed by atoms with van der Waals surface area (Å²) in [6, 6.07) is 15.7. The van der Waals surface area contributed by atoms with Gasteiger partial charge in [-0.2, -0.15) is 14.0 Å². The minimum absolute atomic E-state index is 0.0227. The summed E-state index contributed by atoms with van der Waals surface area (Å²) >= 11 is 0. The highest BCUT2D eigenvalue weighted by atomic mass is 35.7. The number of nitrogens with zero attached hydrogens (tertiary/aromatic N) is 6. The number of rotatable bonds is 10. The molecule has 8 rings (SSSR count). The molecule has 4 bridgehead atoms. The van der Waals surface area contributed by atoms with Gasteiger partial charge in [0.25, 0.3) is 11.4 Å². The predicted molar refractivity (Wildman–Crippen MR) is 191 cm³/mol. The summed E-state index contributed by atoms with van der Waals surface area (Å²) in [5.74, 6) is 0. The van der Waals surface area contributed by atoms with Gasteiger partial charge < -0.3 is 9.47 Å². The van der Waals surface area contributed by atoms with Gasteiger partial charge in [0, 0.05) is 112 Å². The van der Waals surface area contributed by atoms with Crippen LogP contribution in [0.3, 0.4) is 0 Å². The van der Waals surface area contributed by atoms with E-state index in [2.05, 4.69) is 47.3 Å². The van der Waals surface area contributed by atoms with Gasteiger partial charge in [-0.15, -0.1) is 0 Å². The van der Waals surface area contributed by atoms with Gasteiger partial charge in [0.2, 0.25) is 0 Å². The van der Waals surface area contributed by atoms with E-state index in [1.54, 1.807) is 24.3 Å². The smallest absolute Gasteiger partial charge is 0.269 e. The van der Waals surface area contributed by atoms with Gasteiger partial charge in [-0.1, -0.05) is 52.0 Å². The van der Waals surface area contributed by atoms with Crippen molar-refractivity contribution in [2.45, 2.75) is 77.8 Å². The molecule has 4 heterocycles. The third-order valence-electron chi connectivity index (χ3n) is 14.6. The fraction of sp³-hybridized carbons (Fsp3) is 0.684. The normalized spacial score (nSPS) is 32.9. The first-order valence-corrected chi connectivity index (χ1v) is 20.4. The van der Waals surface area contributed by atoms with Crippen molar-refractivity contribution in [3.8, 4) is 0 Å². The van der Waals surface area contributed by atoms with E-state index < -0.39 is 10.2 Å². The Labute approximate surface area is 323 Å². The molecule has 55 heavy (non-hydrogen) atoms. The summed E-state index contributed by atoms with van der Waals surface area (Å²) in [6.45, 7) is 20.6. The molecule has 2 aliphatic carbocycles. The zero-order chi connectivity index (χ0) is 39.6. The van der Waals surface area contributed by atoms with Crippen LogP contribution in [-0.2, 0) is 22.6 Å². The first kappa shape index (κ1) is 40.3. The Hall–Kier alpha value is -2.87. The minimum Gasteiger partial charge on any atom is -0.379 e. The minimum atomic E-state index is -4.69. The maximum atomic E-state index is 11.5. The van der Waals surface area contributed by atoms with Crippen LogP contribution < -0.4 is 14.0 Å². The Bertz CT molecular complexity index is 1590. The lowest BCUT2D eigenvalue weighted by Gasteiger charge is -2.69. The Morgan fingerprint density at radius 1 is 0.636 bits per heavy atom. The molecule has 0 amide bonds. The first-order chi connectivity index (χ1) is 25.9. The number of benzene rings is 2. The molecule has 1 N–H and O–H groups in total. The van der Waals surface area contributed by atoms with Crippen LogP contribution in [0.15, 0.2) is 48.5 Å². The topological polar surface area (TPSA) is 207 Å². The lowest BCUT2D eigenvalue weighted by Crippen LogP contribution is -2.75. The van der Waals surface area contributed by atoms with Crippen LogP contribution in [0.5, 0.6) is 0 Å². The third kappa shape index (κ3) is 6.86. The van der Waals surface area contributed by atoms with Crippen molar-refractivity contribution in [3.05, 3.63) is 79.9 Å². The molecule has 0 aromatic heterocycles. The number of fused-ring (bicyclic) bond motifs is 2. The van der Waals surface area contributed by atoms with E-state index in [0.717, 1.165) is 103 Å². The number of nitro groups is 2. The third-order valence-corrected chi connectivity index (χ3v) is 14.6. The van der Waals surface area contributed by atoms with Gasteiger partial charge in [0.15, 0.2) is 0 Å². The summed E-state index contributed by atoms with van der Waals surface area (Å²) in [5.41, 5.74) is 2.34. The molecule has 6 fully saturated rings. The van der Waals surface area contributed by atoms with Crippen molar-refractivity contribution in [1.29, 1.82) is 0 Å². The largest absolute Gasteiger partial charge is 0.379 e. The summed E-state index contributed by atoms with van der Waals surface area (Å²) in [7, 11) is -4.69. The van der Waals surface area contributed by atoms with E-state index in [1.165, 1.54) is 0 Å². The van der Waals surface area contributed by atoms with Crippen LogP contribution in [0, 0.1) is 52.1 Å². The summed E-state index contributed by atoms with van der Waals surface area (Å²) in [5, 5.41) is 23.0. The monoisotopic (exact) mass is 788 g/mol. The van der Waals surface area contributed by atoms with Gasteiger partial charge in [0.1, 0.15) is 0 Å². The lowest BCUT2D eigenvalue weighted by molar-refractivity contribution is -1.92. The molecule has 2 aromatic carbocycles. The summed E-state index contributed by atoms with van der Waals surface area (Å²) in [4.78, 5) is 33.5. The van der Waals surface area contributed by atoms with Crippen LogP contribution in [0.4, 0.5) is 11.4 Å². The van der Waals surface area contributed by atoms with Crippen LogP contribution in [-0.4, -0.2) is 124 Å². The van der Waals surface area contributed by atoms with Gasteiger partial charge in [-0.05, 0) is 34.8 Å². The van der Waals surface area contributed by atoms with Gasteiger partial charge in [-0.3, -0.25) is 39.8 Å². The van der Waals surface area contributed by atoms with E-state index in [-0.39, 0.29) is 42.9 Å². The first-order valence-electron chi connectivity index (χ1n) is 19.1. The van der Waals surface area contributed by atoms with E-state index in [4.69, 9.17) is 28.1 Å². The number of hydrogen-bond acceptors (Lipinski definition) is 14. The van der Waals surface area contributed by atoms with Gasteiger partial charge in [0.05, 0.1) is 51.2 Å². The van der Waals surface area contributed by atoms with E-state index in [1.807, 2.05) is 24.3 Å². The number of nitro benzene ring substituents is 2. The number of ether oxygens (including phenoxy) is 2. The van der Waals surface area contributed by atoms with Crippen molar-refractivity contribution < 1.29 is 48.2 Å². The predicted octanol–water partition coefficient (Wildman–Crippen LogP) is 0.682. The van der Waals surface area contributed by atoms with Crippen LogP contribution in [0.2, 0.25) is 0 Å². The number of morpholine rings is 2. The molecular formula is C38H53ClN6O10. The second-order valence-electron chi connectivity index (χ2n) is 17.3. The Morgan fingerprint density at radius 3 is 1.24 bits per heavy atom. The highest BCUT2D eigenvalue weighted by Crippen LogP contribution is 2.80. The summed E-state index contributed by atoms with van der Waals surface area (Å²) in [6.07, 6.45) is 2.08. The Morgan fingerprint density at radius 2 is 0.945 bits per heavy atom. The second-order valence-corrected chi connectivity index (χ2v) is 18.1. The molecule has 4 aliphatic heterocycles. The molecule has 2 saturated carbocycles. The standard InChI is InChI=1S/C38H52N6O6.ClHO4/c1-35(2)31-21-34-38(26-40-15-19-50-20-16-40)36(3,4)32(42(34)24-28-7-11-30(12-8-28)44(47)48)22-33(37(35,38)25-39-13-17-49-18-14-39)41(31)23-27-5-9-29(10-6-27)43(45)46;2-1(3,4)5/h5-12,31-34H,13-26H2,1-4H3;(H,2,3,4,5)/t31-,32-,33+,34+,37-,38+;/m1./s1. The molecule has 16 nitrogen and oxygen atoms in total. The highest BCUT2D eigenvalue weighted by Gasteiger charge is 2.85. The Balaban J connectivity index is 0.000000875. The average Bonchev–Trinajstić information content (AvgIpc) is 3.31. The van der Waals surface area contributed by atoms with E-state index in [0.29, 0.717) is 24.2 Å². The van der Waals surface area contributed by atoms with Crippen molar-refractivity contribution in [1.82, 2.24) is 19.6 Å². The second kappa shape index (κ2) is 14.8. The molecule has 0 spiro atoms. The van der Waals surface area contributed by atoms with Crippen molar-refractivity contribution >= 4 is 11.4 Å². The number of halogens is 1. The molecule has 2 aromatic rings. The summed E-state index contributed by atoms with van der Waals surface area (Å²) < 4.78 is 44.5. The molecule has 302 valence electrons. The van der Waals surface area contributed by atoms with Crippen molar-refractivity contribution in [2.75, 3.05) is 65.7 Å². The SMILES string of the molecule is CC1(C)[C@H]2C[C@@H]3N(Cc4ccc([N+](=O)[O-])cc4)[C@@H]4C[C@H](N2Cc2ccc([N+](=O)[O-])cc2)[C@]1(CN1CCOCC1)[C@@]3(CN1CCOCC1)C4(C)C.[O-][Cl+3]([O-])([O-])O. The average molecular weight is 789 g/mol. The molecule has 6 atom stereocenters. The molecule has 0 radical (unpaired) electrons. The quantitative estimate of drug-likeness (QED) is 0.260. The lowest BCUT2D eigenvalue weighted by atomic mass is 9.35. The van der Waals surface area contributed by atoms with Crippen molar-refractivity contribution in [2.24, 2.45) is 21.7 Å². The van der Waals surface area contributed by atoms with Crippen molar-refractivity contribution in [3.63, 3.8) is 0 Å². The van der Waals surface area contributed by atoms with Crippen LogP contribution in [0.25, 0.3) is 0 Å². The molecule has 4 saturated heterocycles. The van der Waals surface area contributed by atoms with Gasteiger partial charge in [-0.25, -0.2) is 0 Å². The molecule has 0 unspecified atom stereocenters. The molecular weight excluding hydrogens is 736 g/mol. The fourth-order valence-corrected chi connectivity index (χ4v) is 12.4. The molecule has 6 aliphatic rings. The molecule has 17 heteroatoms. The number of hydrogen-bond donors (Lipinski definition) is 1. The maximum Gasteiger partial charge on any atom is 0.269 e. The van der Waals surface area contributed by atoms with Gasteiger partial charge >= 0.3 is 0 Å². The zero-order valence-corrected chi connectivity index (χ0v) is 32.8. The zero-order valence-electron chi connectivity index (χ0n) is 32.0. The Kier molecular flexibility index (Phi) is 10.9. The highest BCUT2D eigenvalue weighted by molar-refractivity contribution is 5.40.